The fourth-order valence-corrected chi connectivity index (χ4v) is 3.11. The molecule has 21 heavy (non-hydrogen) atoms. The van der Waals surface area contributed by atoms with Gasteiger partial charge in [0, 0.05) is 6.20 Å². The van der Waals surface area contributed by atoms with Crippen LogP contribution in [-0.2, 0) is 26.3 Å². The van der Waals surface area contributed by atoms with Crippen molar-refractivity contribution in [3.8, 4) is 0 Å². The van der Waals surface area contributed by atoms with Crippen molar-refractivity contribution in [1.82, 2.24) is 4.31 Å². The molecule has 1 heterocycles. The van der Waals surface area contributed by atoms with Gasteiger partial charge in [-0.15, -0.1) is 4.40 Å². The molecule has 0 aliphatic carbocycles. The number of rotatable bonds is 4. The minimum absolute atomic E-state index is 0.115. The van der Waals surface area contributed by atoms with Gasteiger partial charge in [0.1, 0.15) is 0 Å². The van der Waals surface area contributed by atoms with Crippen LogP contribution >= 0.6 is 0 Å². The Bertz CT molecular complexity index is 693. The van der Waals surface area contributed by atoms with Gasteiger partial charge in [0.2, 0.25) is 0 Å². The molecule has 0 fully saturated rings. The third kappa shape index (κ3) is 3.30. The Morgan fingerprint density at radius 2 is 1.95 bits per heavy atom. The van der Waals surface area contributed by atoms with Crippen LogP contribution in [0.3, 0.4) is 0 Å². The molecule has 112 valence electrons. The van der Waals surface area contributed by atoms with Crippen molar-refractivity contribution in [3.05, 3.63) is 47.7 Å². The minimum atomic E-state index is -3.82. The summed E-state index contributed by atoms with van der Waals surface area (Å²) in [6.07, 6.45) is 1.62. The lowest BCUT2D eigenvalue weighted by atomic mass is 10.1. The molecule has 1 aromatic carbocycles. The van der Waals surface area contributed by atoms with Gasteiger partial charge in [-0.25, -0.2) is 4.79 Å². The van der Waals surface area contributed by atoms with Gasteiger partial charge in [0.05, 0.1) is 24.9 Å². The summed E-state index contributed by atoms with van der Waals surface area (Å²) in [5.41, 5.74) is 1.19. The Kier molecular flexibility index (Phi) is 4.42. The zero-order chi connectivity index (χ0) is 15.5. The third-order valence-electron chi connectivity index (χ3n) is 3.03. The van der Waals surface area contributed by atoms with Crippen LogP contribution in [0.2, 0.25) is 0 Å². The van der Waals surface area contributed by atoms with Crippen LogP contribution in [0.25, 0.3) is 0 Å². The fraction of sp³-hybridized carbons (Fsp3) is 0.286. The molecule has 1 aliphatic rings. The highest BCUT2D eigenvalue weighted by Crippen LogP contribution is 2.21. The molecule has 0 amide bonds. The molecule has 0 saturated heterocycles. The maximum Gasteiger partial charge on any atom is 0.344 e. The van der Waals surface area contributed by atoms with Gasteiger partial charge in [-0.2, -0.15) is 8.42 Å². The van der Waals surface area contributed by atoms with Crippen LogP contribution in [0.15, 0.2) is 46.5 Å². The summed E-state index contributed by atoms with van der Waals surface area (Å²) in [7, 11) is -2.57. The van der Waals surface area contributed by atoms with Crippen LogP contribution in [0.5, 0.6) is 0 Å². The largest absolute Gasteiger partial charge is 0.465 e. The Balaban J connectivity index is 2.38. The SMILES string of the molecule is CCC1=NS(=O)(=O)N(Cc2ccccc2)C=C1C(=O)OC. The van der Waals surface area contributed by atoms with Crippen molar-refractivity contribution in [3.63, 3.8) is 0 Å². The number of nitrogens with zero attached hydrogens (tertiary/aromatic N) is 2. The van der Waals surface area contributed by atoms with E-state index in [4.69, 9.17) is 0 Å². The zero-order valence-electron chi connectivity index (χ0n) is 11.8. The molecule has 7 heteroatoms. The van der Waals surface area contributed by atoms with Crippen molar-refractivity contribution < 1.29 is 17.9 Å². The van der Waals surface area contributed by atoms with Crippen molar-refractivity contribution in [1.29, 1.82) is 0 Å². The van der Waals surface area contributed by atoms with Crippen LogP contribution in [0.1, 0.15) is 18.9 Å². The number of methoxy groups -OCH3 is 1. The molecule has 0 radical (unpaired) electrons. The molecule has 0 N–H and O–H groups in total. The summed E-state index contributed by atoms with van der Waals surface area (Å²) in [5.74, 6) is -0.594. The summed E-state index contributed by atoms with van der Waals surface area (Å²) in [4.78, 5) is 11.8. The highest BCUT2D eigenvalue weighted by atomic mass is 32.2. The number of hydrogen-bond acceptors (Lipinski definition) is 4. The van der Waals surface area contributed by atoms with Gasteiger partial charge in [-0.05, 0) is 12.0 Å². The van der Waals surface area contributed by atoms with Gasteiger partial charge in [0.15, 0.2) is 0 Å². The highest BCUT2D eigenvalue weighted by molar-refractivity contribution is 7.88. The van der Waals surface area contributed by atoms with Gasteiger partial charge in [0.25, 0.3) is 0 Å². The predicted molar refractivity (Wildman–Crippen MR) is 78.7 cm³/mol. The number of ether oxygens (including phenoxy) is 1. The van der Waals surface area contributed by atoms with E-state index in [1.54, 1.807) is 19.1 Å². The number of hydrogen-bond donors (Lipinski definition) is 0. The average molecular weight is 308 g/mol. The molecule has 0 bridgehead atoms. The number of carbonyl (C=O) groups excluding carboxylic acids is 1. The maximum atomic E-state index is 12.2. The molecule has 0 unspecified atom stereocenters. The van der Waals surface area contributed by atoms with Crippen LogP contribution in [-0.4, -0.2) is 31.5 Å². The monoisotopic (exact) mass is 308 g/mol. The summed E-state index contributed by atoms with van der Waals surface area (Å²) in [6.45, 7) is 1.85. The lowest BCUT2D eigenvalue weighted by molar-refractivity contribution is -0.135. The first-order valence-corrected chi connectivity index (χ1v) is 7.82. The summed E-state index contributed by atoms with van der Waals surface area (Å²) >= 11 is 0. The molecular formula is C14H16N2O4S. The quantitative estimate of drug-likeness (QED) is 0.793. The summed E-state index contributed by atoms with van der Waals surface area (Å²) in [6, 6.07) is 9.09. The molecule has 1 aliphatic heterocycles. The Morgan fingerprint density at radius 1 is 1.29 bits per heavy atom. The van der Waals surface area contributed by atoms with Crippen molar-refractivity contribution in [2.45, 2.75) is 19.9 Å². The molecule has 0 atom stereocenters. The molecule has 0 aromatic heterocycles. The third-order valence-corrected chi connectivity index (χ3v) is 4.31. The van der Waals surface area contributed by atoms with Gasteiger partial charge in [-0.1, -0.05) is 37.3 Å². The van der Waals surface area contributed by atoms with E-state index < -0.39 is 16.2 Å². The van der Waals surface area contributed by atoms with E-state index in [2.05, 4.69) is 9.13 Å². The Morgan fingerprint density at radius 3 is 2.52 bits per heavy atom. The first kappa shape index (κ1) is 15.2. The predicted octanol–water partition coefficient (Wildman–Crippen LogP) is 1.65. The van der Waals surface area contributed by atoms with E-state index in [1.165, 1.54) is 13.3 Å². The normalized spacial score (nSPS) is 17.0. The second-order valence-electron chi connectivity index (χ2n) is 4.43. The molecule has 0 spiro atoms. The number of esters is 1. The van der Waals surface area contributed by atoms with Gasteiger partial charge >= 0.3 is 16.2 Å². The average Bonchev–Trinajstić information content (AvgIpc) is 2.49. The van der Waals surface area contributed by atoms with Crippen LogP contribution in [0.4, 0.5) is 0 Å². The van der Waals surface area contributed by atoms with Crippen molar-refractivity contribution in [2.24, 2.45) is 4.40 Å². The van der Waals surface area contributed by atoms with Gasteiger partial charge in [-0.3, -0.25) is 4.31 Å². The second-order valence-corrected chi connectivity index (χ2v) is 5.98. The van der Waals surface area contributed by atoms with E-state index >= 15 is 0 Å². The number of benzene rings is 1. The van der Waals surface area contributed by atoms with Crippen LogP contribution in [0, 0.1) is 0 Å². The van der Waals surface area contributed by atoms with Crippen molar-refractivity contribution >= 4 is 21.9 Å². The zero-order valence-corrected chi connectivity index (χ0v) is 12.6. The molecule has 1 aromatic rings. The first-order chi connectivity index (χ1) is 9.97. The Hall–Kier alpha value is -2.15. The van der Waals surface area contributed by atoms with Crippen LogP contribution < -0.4 is 0 Å². The first-order valence-electron chi connectivity index (χ1n) is 6.43. The fourth-order valence-electron chi connectivity index (χ4n) is 1.95. The highest BCUT2D eigenvalue weighted by Gasteiger charge is 2.29. The van der Waals surface area contributed by atoms with E-state index in [0.717, 1.165) is 9.87 Å². The lowest BCUT2D eigenvalue weighted by Crippen LogP contribution is -2.32. The number of carbonyl (C=O) groups is 1. The summed E-state index contributed by atoms with van der Waals surface area (Å²) in [5, 5.41) is 0. The van der Waals surface area contributed by atoms with E-state index in [9.17, 15) is 13.2 Å². The van der Waals surface area contributed by atoms with E-state index in [0.29, 0.717) is 6.42 Å². The minimum Gasteiger partial charge on any atom is -0.465 e. The molecule has 2 rings (SSSR count). The van der Waals surface area contributed by atoms with E-state index in [-0.39, 0.29) is 17.8 Å². The smallest absolute Gasteiger partial charge is 0.344 e. The molecular weight excluding hydrogens is 292 g/mol. The molecule has 0 saturated carbocycles. The lowest BCUT2D eigenvalue weighted by Gasteiger charge is -2.23. The van der Waals surface area contributed by atoms with Gasteiger partial charge < -0.3 is 4.74 Å². The summed E-state index contributed by atoms with van der Waals surface area (Å²) < 4.78 is 33.7. The standard InChI is InChI=1S/C14H16N2O4S/c1-3-13-12(14(17)20-2)10-16(21(18,19)15-13)9-11-7-5-4-6-8-11/h4-8,10H,3,9H2,1-2H3. The topological polar surface area (TPSA) is 76.0 Å². The van der Waals surface area contributed by atoms with Crippen molar-refractivity contribution in [2.75, 3.05) is 7.11 Å². The second kappa shape index (κ2) is 6.09. The Labute approximate surface area is 123 Å². The molecule has 6 nitrogen and oxygen atoms in total. The van der Waals surface area contributed by atoms with E-state index in [1.807, 2.05) is 18.2 Å². The maximum absolute atomic E-state index is 12.2.